The van der Waals surface area contributed by atoms with Crippen LogP contribution in [-0.2, 0) is 11.3 Å². The van der Waals surface area contributed by atoms with Crippen LogP contribution in [0.5, 0.6) is 0 Å². The highest BCUT2D eigenvalue weighted by molar-refractivity contribution is 5.90. The number of ether oxygens (including phenoxy) is 1. The summed E-state index contributed by atoms with van der Waals surface area (Å²) in [6, 6.07) is 11.8. The lowest BCUT2D eigenvalue weighted by molar-refractivity contribution is 0.141. The molecular formula is C23H24F3N3O2. The van der Waals surface area contributed by atoms with E-state index in [9.17, 15) is 18.0 Å². The number of hydrogen-bond acceptors (Lipinski definition) is 4. The molecule has 164 valence electrons. The van der Waals surface area contributed by atoms with Crippen molar-refractivity contribution in [3.05, 3.63) is 78.3 Å². The van der Waals surface area contributed by atoms with Crippen molar-refractivity contribution >= 4 is 11.8 Å². The fraction of sp³-hybridized carbons (Fsp3) is 0.261. The van der Waals surface area contributed by atoms with Crippen LogP contribution in [0.1, 0.15) is 12.5 Å². The molecule has 0 spiro atoms. The zero-order chi connectivity index (χ0) is 22.4. The van der Waals surface area contributed by atoms with E-state index in [0.717, 1.165) is 17.3 Å². The van der Waals surface area contributed by atoms with E-state index in [1.54, 1.807) is 24.3 Å². The number of allylic oxidation sites excluding steroid dienone is 1. The molecule has 1 aliphatic heterocycles. The Kier molecular flexibility index (Phi) is 7.36. The predicted octanol–water partition coefficient (Wildman–Crippen LogP) is 4.81. The van der Waals surface area contributed by atoms with E-state index >= 15 is 0 Å². The number of nitrogens with one attached hydrogen (secondary N) is 2. The standard InChI is InChI=1S/C23H24F3N3O2/c1-15(2)28-13-19-14-29(23(30)31-19)18-7-8-20(21(24)11-18)17-5-3-16(4-6-17)12-27-10-9-22(25)26/h3-9,11,19,27-28H,1,10,12-14H2,2H3. The first kappa shape index (κ1) is 22.4. The van der Waals surface area contributed by atoms with Gasteiger partial charge >= 0.3 is 6.09 Å². The molecule has 1 unspecified atom stereocenters. The summed E-state index contributed by atoms with van der Waals surface area (Å²) in [5.74, 6) is -0.455. The average molecular weight is 431 g/mol. The number of benzene rings is 2. The fourth-order valence-electron chi connectivity index (χ4n) is 3.20. The van der Waals surface area contributed by atoms with Crippen molar-refractivity contribution in [2.45, 2.75) is 19.6 Å². The molecule has 1 saturated heterocycles. The van der Waals surface area contributed by atoms with Crippen LogP contribution >= 0.6 is 0 Å². The lowest BCUT2D eigenvalue weighted by atomic mass is 10.0. The van der Waals surface area contributed by atoms with Crippen LogP contribution in [0, 0.1) is 5.82 Å². The third-order valence-electron chi connectivity index (χ3n) is 4.76. The zero-order valence-corrected chi connectivity index (χ0v) is 17.1. The summed E-state index contributed by atoms with van der Waals surface area (Å²) in [4.78, 5) is 13.6. The van der Waals surface area contributed by atoms with Gasteiger partial charge in [-0.05, 0) is 42.3 Å². The number of cyclic esters (lactones) is 1. The molecule has 5 nitrogen and oxygen atoms in total. The van der Waals surface area contributed by atoms with Gasteiger partial charge in [0.1, 0.15) is 11.9 Å². The monoisotopic (exact) mass is 431 g/mol. The lowest BCUT2D eigenvalue weighted by Crippen LogP contribution is -2.30. The molecule has 2 N–H and O–H groups in total. The summed E-state index contributed by atoms with van der Waals surface area (Å²) >= 11 is 0. The number of hydrogen-bond donors (Lipinski definition) is 2. The molecule has 1 atom stereocenters. The van der Waals surface area contributed by atoms with Crippen molar-refractivity contribution in [1.29, 1.82) is 0 Å². The van der Waals surface area contributed by atoms with Gasteiger partial charge in [-0.2, -0.15) is 8.78 Å². The Balaban J connectivity index is 1.65. The average Bonchev–Trinajstić information content (AvgIpc) is 3.11. The van der Waals surface area contributed by atoms with E-state index in [-0.39, 0.29) is 12.6 Å². The maximum Gasteiger partial charge on any atom is 0.414 e. The van der Waals surface area contributed by atoms with Gasteiger partial charge in [-0.15, -0.1) is 0 Å². The highest BCUT2D eigenvalue weighted by atomic mass is 19.3. The molecule has 0 bridgehead atoms. The van der Waals surface area contributed by atoms with Gasteiger partial charge in [0.25, 0.3) is 6.08 Å². The smallest absolute Gasteiger partial charge is 0.414 e. The Hall–Kier alpha value is -3.26. The van der Waals surface area contributed by atoms with Crippen LogP contribution < -0.4 is 15.5 Å². The van der Waals surface area contributed by atoms with E-state index in [1.165, 1.54) is 11.0 Å². The SMILES string of the molecule is C=C(C)NCC1CN(c2ccc(-c3ccc(CNCC=C(F)F)cc3)c(F)c2)C(=O)O1. The summed E-state index contributed by atoms with van der Waals surface area (Å²) in [5.41, 5.74) is 3.17. The lowest BCUT2D eigenvalue weighted by Gasteiger charge is -2.15. The normalized spacial score (nSPS) is 15.5. The Morgan fingerprint density at radius 3 is 2.65 bits per heavy atom. The molecular weight excluding hydrogens is 407 g/mol. The van der Waals surface area contributed by atoms with Crippen molar-refractivity contribution in [3.8, 4) is 11.1 Å². The summed E-state index contributed by atoms with van der Waals surface area (Å²) in [7, 11) is 0. The summed E-state index contributed by atoms with van der Waals surface area (Å²) in [5, 5.41) is 5.91. The van der Waals surface area contributed by atoms with Gasteiger partial charge in [0, 0.05) is 24.4 Å². The molecule has 2 aromatic rings. The highest BCUT2D eigenvalue weighted by Crippen LogP contribution is 2.29. The Bertz CT molecular complexity index is 973. The van der Waals surface area contributed by atoms with E-state index < -0.39 is 18.0 Å². The van der Waals surface area contributed by atoms with Gasteiger partial charge < -0.3 is 15.4 Å². The number of amides is 1. The minimum Gasteiger partial charge on any atom is -0.442 e. The van der Waals surface area contributed by atoms with Gasteiger partial charge in [-0.1, -0.05) is 30.8 Å². The molecule has 2 aromatic carbocycles. The van der Waals surface area contributed by atoms with Crippen molar-refractivity contribution in [3.63, 3.8) is 0 Å². The van der Waals surface area contributed by atoms with Gasteiger partial charge in [-0.25, -0.2) is 9.18 Å². The number of carbonyl (C=O) groups is 1. The van der Waals surface area contributed by atoms with Gasteiger partial charge in [0.15, 0.2) is 0 Å². The van der Waals surface area contributed by atoms with Crippen molar-refractivity contribution in [2.24, 2.45) is 0 Å². The molecule has 1 fully saturated rings. The van der Waals surface area contributed by atoms with Crippen molar-refractivity contribution in [1.82, 2.24) is 10.6 Å². The summed E-state index contributed by atoms with van der Waals surface area (Å²) in [6.07, 6.45) is -1.77. The van der Waals surface area contributed by atoms with Gasteiger partial charge in [0.05, 0.1) is 18.8 Å². The van der Waals surface area contributed by atoms with Gasteiger partial charge in [-0.3, -0.25) is 4.90 Å². The molecule has 31 heavy (non-hydrogen) atoms. The second kappa shape index (κ2) is 10.2. The predicted molar refractivity (Wildman–Crippen MR) is 114 cm³/mol. The maximum absolute atomic E-state index is 14.8. The Labute approximate surface area is 179 Å². The van der Waals surface area contributed by atoms with Crippen LogP contribution in [0.2, 0.25) is 0 Å². The quantitative estimate of drug-likeness (QED) is 0.560. The molecule has 0 radical (unpaired) electrons. The minimum atomic E-state index is -1.72. The molecule has 0 aliphatic carbocycles. The molecule has 0 saturated carbocycles. The first-order valence-corrected chi connectivity index (χ1v) is 9.81. The second-order valence-electron chi connectivity index (χ2n) is 7.26. The van der Waals surface area contributed by atoms with Crippen LogP contribution in [-0.4, -0.2) is 31.8 Å². The first-order valence-electron chi connectivity index (χ1n) is 9.81. The maximum atomic E-state index is 14.8. The first-order chi connectivity index (χ1) is 14.8. The third-order valence-corrected chi connectivity index (χ3v) is 4.76. The molecule has 1 aliphatic rings. The number of rotatable bonds is 9. The Morgan fingerprint density at radius 1 is 1.26 bits per heavy atom. The van der Waals surface area contributed by atoms with Crippen LogP contribution in [0.15, 0.2) is 66.9 Å². The van der Waals surface area contributed by atoms with E-state index in [1.807, 2.05) is 19.1 Å². The van der Waals surface area contributed by atoms with Crippen molar-refractivity contribution in [2.75, 3.05) is 24.5 Å². The highest BCUT2D eigenvalue weighted by Gasteiger charge is 2.32. The van der Waals surface area contributed by atoms with E-state index in [0.29, 0.717) is 36.4 Å². The van der Waals surface area contributed by atoms with Crippen molar-refractivity contribution < 1.29 is 22.7 Å². The van der Waals surface area contributed by atoms with Gasteiger partial charge in [0.2, 0.25) is 0 Å². The molecule has 1 heterocycles. The minimum absolute atomic E-state index is 0.0726. The molecule has 1 amide bonds. The van der Waals surface area contributed by atoms with Crippen LogP contribution in [0.25, 0.3) is 11.1 Å². The largest absolute Gasteiger partial charge is 0.442 e. The summed E-state index contributed by atoms with van der Waals surface area (Å²) in [6.45, 7) is 6.82. The number of carbonyl (C=O) groups excluding carboxylic acids is 1. The topological polar surface area (TPSA) is 53.6 Å². The fourth-order valence-corrected chi connectivity index (χ4v) is 3.20. The second-order valence-corrected chi connectivity index (χ2v) is 7.26. The molecule has 8 heteroatoms. The van der Waals surface area contributed by atoms with Crippen LogP contribution in [0.4, 0.5) is 23.7 Å². The number of halogens is 3. The number of nitrogens with zero attached hydrogens (tertiary/aromatic N) is 1. The number of anilines is 1. The van der Waals surface area contributed by atoms with E-state index in [4.69, 9.17) is 4.74 Å². The zero-order valence-electron chi connectivity index (χ0n) is 17.1. The molecule has 3 rings (SSSR count). The molecule has 0 aromatic heterocycles. The summed E-state index contributed by atoms with van der Waals surface area (Å²) < 4.78 is 44.2. The Morgan fingerprint density at radius 2 is 2.00 bits per heavy atom. The van der Waals surface area contributed by atoms with E-state index in [2.05, 4.69) is 17.2 Å². The third kappa shape index (κ3) is 6.11. The van der Waals surface area contributed by atoms with Crippen LogP contribution in [0.3, 0.4) is 0 Å².